The van der Waals surface area contributed by atoms with Crippen LogP contribution in [0.4, 0.5) is 13.2 Å². The number of rotatable bonds is 3. The number of hydrogen-bond donors (Lipinski definition) is 0. The Balaban J connectivity index is 1.85. The summed E-state index contributed by atoms with van der Waals surface area (Å²) in [5.74, 6) is 1.41. The molecule has 1 fully saturated rings. The Kier molecular flexibility index (Phi) is 5.00. The molecule has 4 rings (SSSR count). The predicted molar refractivity (Wildman–Crippen MR) is 98.9 cm³/mol. The highest BCUT2D eigenvalue weighted by Gasteiger charge is 2.39. The van der Waals surface area contributed by atoms with Crippen LogP contribution in [0.25, 0.3) is 0 Å². The van der Waals surface area contributed by atoms with Crippen molar-refractivity contribution in [1.29, 1.82) is 0 Å². The van der Waals surface area contributed by atoms with Gasteiger partial charge in [-0.25, -0.2) is 0 Å². The Bertz CT molecular complexity index is 863. The van der Waals surface area contributed by atoms with Crippen LogP contribution in [0.2, 0.25) is 0 Å². The van der Waals surface area contributed by atoms with Gasteiger partial charge in [-0.15, -0.1) is 0 Å². The van der Waals surface area contributed by atoms with Crippen molar-refractivity contribution in [2.24, 2.45) is 0 Å². The zero-order chi connectivity index (χ0) is 19.9. The number of ether oxygens (including phenoxy) is 3. The van der Waals surface area contributed by atoms with E-state index < -0.39 is 17.8 Å². The molecule has 0 spiro atoms. The zero-order valence-corrected chi connectivity index (χ0v) is 15.9. The minimum absolute atomic E-state index is 0.00102. The molecule has 2 aromatic carbocycles. The first kappa shape index (κ1) is 19.1. The molecule has 1 saturated carbocycles. The largest absolute Gasteiger partial charge is 0.493 e. The second-order valence-electron chi connectivity index (χ2n) is 7.40. The van der Waals surface area contributed by atoms with Crippen LogP contribution in [-0.4, -0.2) is 20.3 Å². The predicted octanol–water partition coefficient (Wildman–Crippen LogP) is 5.87. The quantitative estimate of drug-likeness (QED) is 0.654. The molecule has 6 heteroatoms. The lowest BCUT2D eigenvalue weighted by Gasteiger charge is -2.41. The summed E-state index contributed by atoms with van der Waals surface area (Å²) in [6, 6.07) is 9.24. The molecule has 1 aliphatic carbocycles. The van der Waals surface area contributed by atoms with E-state index in [1.807, 2.05) is 12.1 Å². The molecule has 0 aromatic heterocycles. The number of fused-ring (bicyclic) bond motifs is 3. The Morgan fingerprint density at radius 2 is 1.61 bits per heavy atom. The van der Waals surface area contributed by atoms with E-state index in [9.17, 15) is 13.2 Å². The summed E-state index contributed by atoms with van der Waals surface area (Å²) in [4.78, 5) is 0. The molecule has 150 valence electrons. The molecule has 1 heterocycles. The van der Waals surface area contributed by atoms with E-state index in [0.717, 1.165) is 42.9 Å². The lowest BCUT2D eigenvalue weighted by molar-refractivity contribution is -0.137. The highest BCUT2D eigenvalue weighted by Crippen LogP contribution is 2.50. The third-order valence-corrected chi connectivity index (χ3v) is 5.80. The van der Waals surface area contributed by atoms with Crippen LogP contribution in [0.3, 0.4) is 0 Å². The van der Waals surface area contributed by atoms with Gasteiger partial charge in [0.2, 0.25) is 0 Å². The lowest BCUT2D eigenvalue weighted by Crippen LogP contribution is -2.34. The molecule has 0 radical (unpaired) electrons. The Labute approximate surface area is 162 Å². The van der Waals surface area contributed by atoms with Crippen molar-refractivity contribution in [3.8, 4) is 11.5 Å². The van der Waals surface area contributed by atoms with Crippen molar-refractivity contribution in [3.05, 3.63) is 58.7 Å². The van der Waals surface area contributed by atoms with E-state index in [-0.39, 0.29) is 12.0 Å². The fourth-order valence-electron chi connectivity index (χ4n) is 4.46. The second kappa shape index (κ2) is 7.32. The Morgan fingerprint density at radius 1 is 0.929 bits per heavy atom. The molecule has 0 bridgehead atoms. The highest BCUT2D eigenvalue weighted by molar-refractivity contribution is 5.52. The molecular weight excluding hydrogens is 369 g/mol. The maximum atomic E-state index is 13.2. The first-order valence-electron chi connectivity index (χ1n) is 9.51. The minimum atomic E-state index is -4.39. The van der Waals surface area contributed by atoms with E-state index in [0.29, 0.717) is 17.1 Å². The van der Waals surface area contributed by atoms with Crippen LogP contribution in [0.15, 0.2) is 36.4 Å². The van der Waals surface area contributed by atoms with Gasteiger partial charge in [0.25, 0.3) is 0 Å². The van der Waals surface area contributed by atoms with Crippen molar-refractivity contribution >= 4 is 0 Å². The third-order valence-electron chi connectivity index (χ3n) is 5.80. The summed E-state index contributed by atoms with van der Waals surface area (Å²) >= 11 is 0. The van der Waals surface area contributed by atoms with Crippen molar-refractivity contribution < 1.29 is 27.4 Å². The van der Waals surface area contributed by atoms with Crippen molar-refractivity contribution in [2.75, 3.05) is 14.2 Å². The number of benzene rings is 2. The molecule has 0 saturated heterocycles. The molecule has 3 nitrogen and oxygen atoms in total. The fourth-order valence-corrected chi connectivity index (χ4v) is 4.46. The maximum Gasteiger partial charge on any atom is 0.416 e. The number of hydrogen-bond acceptors (Lipinski definition) is 3. The zero-order valence-electron chi connectivity index (χ0n) is 15.9. The number of halogens is 3. The summed E-state index contributed by atoms with van der Waals surface area (Å²) in [5, 5.41) is 0. The van der Waals surface area contributed by atoms with Crippen LogP contribution >= 0.6 is 0 Å². The van der Waals surface area contributed by atoms with Gasteiger partial charge in [-0.2, -0.15) is 13.2 Å². The van der Waals surface area contributed by atoms with Gasteiger partial charge in [-0.3, -0.25) is 0 Å². The maximum absolute atomic E-state index is 13.2. The molecule has 1 aliphatic heterocycles. The summed E-state index contributed by atoms with van der Waals surface area (Å²) in [6.45, 7) is 0. The summed E-state index contributed by atoms with van der Waals surface area (Å²) in [6.07, 6.45) is -0.851. The summed E-state index contributed by atoms with van der Waals surface area (Å²) in [5.41, 5.74) is 1.80. The molecule has 2 aliphatic rings. The standard InChI is InChI=1S/C22H23F3O3/c1-26-19-11-16-15-8-3-4-9-18(15)28-21(17(16)12-20(19)27-2)13-6-5-7-14(10-13)22(23,24)25/h5-7,10-12,15,18,21H,3-4,8-9H2,1-2H3/t15-,18-,21+/m1/s1. The van der Waals surface area contributed by atoms with Gasteiger partial charge in [0.1, 0.15) is 6.10 Å². The van der Waals surface area contributed by atoms with Crippen molar-refractivity contribution in [3.63, 3.8) is 0 Å². The van der Waals surface area contributed by atoms with Crippen LogP contribution < -0.4 is 9.47 Å². The van der Waals surface area contributed by atoms with E-state index in [1.165, 1.54) is 12.1 Å². The molecule has 28 heavy (non-hydrogen) atoms. The average molecular weight is 392 g/mol. The minimum Gasteiger partial charge on any atom is -0.493 e. The highest BCUT2D eigenvalue weighted by atomic mass is 19.4. The smallest absolute Gasteiger partial charge is 0.416 e. The van der Waals surface area contributed by atoms with Crippen LogP contribution in [-0.2, 0) is 10.9 Å². The molecule has 0 N–H and O–H groups in total. The topological polar surface area (TPSA) is 27.7 Å². The average Bonchev–Trinajstić information content (AvgIpc) is 2.71. The van der Waals surface area contributed by atoms with E-state index in [2.05, 4.69) is 0 Å². The number of alkyl halides is 3. The fraction of sp³-hybridized carbons (Fsp3) is 0.455. The van der Waals surface area contributed by atoms with Gasteiger partial charge < -0.3 is 14.2 Å². The first-order valence-corrected chi connectivity index (χ1v) is 9.51. The molecule has 0 unspecified atom stereocenters. The van der Waals surface area contributed by atoms with E-state index >= 15 is 0 Å². The second-order valence-corrected chi connectivity index (χ2v) is 7.40. The summed E-state index contributed by atoms with van der Waals surface area (Å²) in [7, 11) is 3.14. The number of methoxy groups -OCH3 is 2. The van der Waals surface area contributed by atoms with Gasteiger partial charge >= 0.3 is 6.18 Å². The lowest BCUT2D eigenvalue weighted by atomic mass is 9.75. The Hall–Kier alpha value is -2.21. The van der Waals surface area contributed by atoms with E-state index in [1.54, 1.807) is 20.3 Å². The monoisotopic (exact) mass is 392 g/mol. The normalized spacial score (nSPS) is 24.2. The van der Waals surface area contributed by atoms with Gasteiger partial charge in [0.15, 0.2) is 11.5 Å². The third kappa shape index (κ3) is 3.34. The van der Waals surface area contributed by atoms with Gasteiger partial charge in [0.05, 0.1) is 25.9 Å². The Morgan fingerprint density at radius 3 is 2.29 bits per heavy atom. The van der Waals surface area contributed by atoms with Crippen LogP contribution in [0.1, 0.15) is 60.0 Å². The van der Waals surface area contributed by atoms with Gasteiger partial charge in [-0.05, 0) is 53.8 Å². The molecule has 2 aromatic rings. The summed E-state index contributed by atoms with van der Waals surface area (Å²) < 4.78 is 57.0. The van der Waals surface area contributed by atoms with Gasteiger partial charge in [0, 0.05) is 5.92 Å². The molecular formula is C22H23F3O3. The molecule has 3 atom stereocenters. The SMILES string of the molecule is COc1cc2c(cc1OC)[C@H]1CCCC[C@H]1O[C@H]2c1cccc(C(F)(F)F)c1. The van der Waals surface area contributed by atoms with Crippen LogP contribution in [0, 0.1) is 0 Å². The van der Waals surface area contributed by atoms with E-state index in [4.69, 9.17) is 14.2 Å². The van der Waals surface area contributed by atoms with Gasteiger partial charge in [-0.1, -0.05) is 25.0 Å². The van der Waals surface area contributed by atoms with Crippen LogP contribution in [0.5, 0.6) is 11.5 Å². The molecule has 0 amide bonds. The first-order chi connectivity index (χ1) is 13.4. The van der Waals surface area contributed by atoms with Crippen molar-refractivity contribution in [1.82, 2.24) is 0 Å². The van der Waals surface area contributed by atoms with Crippen molar-refractivity contribution in [2.45, 2.75) is 50.0 Å².